The average molecular weight is 423 g/mol. The van der Waals surface area contributed by atoms with Crippen molar-refractivity contribution < 1.29 is 9.13 Å². The first kappa shape index (κ1) is 21.1. The monoisotopic (exact) mass is 423 g/mol. The van der Waals surface area contributed by atoms with Crippen molar-refractivity contribution in [3.63, 3.8) is 0 Å². The predicted octanol–water partition coefficient (Wildman–Crippen LogP) is 3.27. The molecule has 0 unspecified atom stereocenters. The van der Waals surface area contributed by atoms with Gasteiger partial charge in [-0.05, 0) is 37.5 Å². The third-order valence-electron chi connectivity index (χ3n) is 3.08. The molecule has 0 atom stereocenters. The standard InChI is InChI=1S/C16H26FN3O.HI/c1-4-21-11-6-5-10-19-16(18-2)20(3)13-14-8-7-9-15(17)12-14;/h7-9,12H,4-6,10-11,13H2,1-3H3,(H,18,19);1H. The lowest BCUT2D eigenvalue weighted by molar-refractivity contribution is 0.143. The molecule has 126 valence electrons. The maximum Gasteiger partial charge on any atom is 0.193 e. The van der Waals surface area contributed by atoms with Crippen molar-refractivity contribution in [2.45, 2.75) is 26.3 Å². The smallest absolute Gasteiger partial charge is 0.193 e. The molecule has 0 heterocycles. The van der Waals surface area contributed by atoms with Gasteiger partial charge in [0.25, 0.3) is 0 Å². The molecule has 0 amide bonds. The van der Waals surface area contributed by atoms with E-state index in [0.29, 0.717) is 6.54 Å². The number of nitrogens with zero attached hydrogens (tertiary/aromatic N) is 2. The van der Waals surface area contributed by atoms with Gasteiger partial charge < -0.3 is 15.0 Å². The van der Waals surface area contributed by atoms with Gasteiger partial charge in [-0.2, -0.15) is 0 Å². The van der Waals surface area contributed by atoms with Crippen LogP contribution in [-0.2, 0) is 11.3 Å². The fourth-order valence-electron chi connectivity index (χ4n) is 2.04. The summed E-state index contributed by atoms with van der Waals surface area (Å²) in [4.78, 5) is 6.23. The molecule has 4 nitrogen and oxygen atoms in total. The highest BCUT2D eigenvalue weighted by Crippen LogP contribution is 2.06. The van der Waals surface area contributed by atoms with Crippen molar-refractivity contribution >= 4 is 29.9 Å². The van der Waals surface area contributed by atoms with E-state index < -0.39 is 0 Å². The number of rotatable bonds is 8. The molecule has 1 rings (SSSR count). The number of halogens is 2. The van der Waals surface area contributed by atoms with Gasteiger partial charge in [-0.1, -0.05) is 12.1 Å². The highest BCUT2D eigenvalue weighted by Gasteiger charge is 2.06. The second-order valence-corrected chi connectivity index (χ2v) is 4.86. The summed E-state index contributed by atoms with van der Waals surface area (Å²) in [5.41, 5.74) is 0.928. The molecule has 0 aliphatic heterocycles. The van der Waals surface area contributed by atoms with E-state index in [0.717, 1.165) is 44.1 Å². The molecule has 0 bridgehead atoms. The summed E-state index contributed by atoms with van der Waals surface area (Å²) >= 11 is 0. The van der Waals surface area contributed by atoms with Crippen molar-refractivity contribution in [1.82, 2.24) is 10.2 Å². The van der Waals surface area contributed by atoms with E-state index in [1.165, 1.54) is 6.07 Å². The molecule has 0 fully saturated rings. The summed E-state index contributed by atoms with van der Waals surface area (Å²) in [5.74, 6) is 0.607. The highest BCUT2D eigenvalue weighted by molar-refractivity contribution is 14.0. The van der Waals surface area contributed by atoms with Crippen LogP contribution in [0.15, 0.2) is 29.3 Å². The maximum absolute atomic E-state index is 13.2. The molecular formula is C16H27FIN3O. The van der Waals surface area contributed by atoms with Gasteiger partial charge in [-0.3, -0.25) is 4.99 Å². The molecule has 0 aliphatic rings. The van der Waals surface area contributed by atoms with Crippen LogP contribution in [0.3, 0.4) is 0 Å². The lowest BCUT2D eigenvalue weighted by atomic mass is 10.2. The van der Waals surface area contributed by atoms with E-state index in [1.807, 2.05) is 24.9 Å². The molecule has 22 heavy (non-hydrogen) atoms. The lowest BCUT2D eigenvalue weighted by Gasteiger charge is -2.22. The van der Waals surface area contributed by atoms with Crippen LogP contribution >= 0.6 is 24.0 Å². The Morgan fingerprint density at radius 1 is 1.36 bits per heavy atom. The highest BCUT2D eigenvalue weighted by atomic mass is 127. The Morgan fingerprint density at radius 3 is 2.77 bits per heavy atom. The summed E-state index contributed by atoms with van der Waals surface area (Å²) in [6.07, 6.45) is 2.07. The van der Waals surface area contributed by atoms with E-state index in [1.54, 1.807) is 19.2 Å². The number of benzene rings is 1. The Kier molecular flexibility index (Phi) is 12.1. The summed E-state index contributed by atoms with van der Waals surface area (Å²) in [6, 6.07) is 6.64. The third kappa shape index (κ3) is 8.53. The van der Waals surface area contributed by atoms with E-state index >= 15 is 0 Å². The SMILES string of the molecule is CCOCCCCNC(=NC)N(C)Cc1cccc(F)c1.I. The average Bonchev–Trinajstić information content (AvgIpc) is 2.46. The van der Waals surface area contributed by atoms with Crippen molar-refractivity contribution in [3.8, 4) is 0 Å². The number of nitrogens with one attached hydrogen (secondary N) is 1. The summed E-state index contributed by atoms with van der Waals surface area (Å²) in [5, 5.41) is 3.31. The quantitative estimate of drug-likeness (QED) is 0.302. The fraction of sp³-hybridized carbons (Fsp3) is 0.562. The Balaban J connectivity index is 0.00000441. The molecular weight excluding hydrogens is 396 g/mol. The fourth-order valence-corrected chi connectivity index (χ4v) is 2.04. The zero-order valence-electron chi connectivity index (χ0n) is 13.6. The van der Waals surface area contributed by atoms with Crippen LogP contribution in [0.1, 0.15) is 25.3 Å². The zero-order chi connectivity index (χ0) is 15.5. The Bertz CT molecular complexity index is 443. The van der Waals surface area contributed by atoms with E-state index in [9.17, 15) is 4.39 Å². The first-order valence-electron chi connectivity index (χ1n) is 7.41. The number of hydrogen-bond acceptors (Lipinski definition) is 2. The third-order valence-corrected chi connectivity index (χ3v) is 3.08. The van der Waals surface area contributed by atoms with Gasteiger partial charge in [0.2, 0.25) is 0 Å². The van der Waals surface area contributed by atoms with Crippen LogP contribution < -0.4 is 5.32 Å². The van der Waals surface area contributed by atoms with E-state index in [2.05, 4.69) is 10.3 Å². The first-order valence-corrected chi connectivity index (χ1v) is 7.41. The van der Waals surface area contributed by atoms with Gasteiger partial charge in [0.1, 0.15) is 5.82 Å². The Labute approximate surface area is 150 Å². The molecule has 0 saturated carbocycles. The molecule has 1 aromatic rings. The molecule has 0 radical (unpaired) electrons. The van der Waals surface area contributed by atoms with Gasteiger partial charge >= 0.3 is 0 Å². The van der Waals surface area contributed by atoms with Crippen LogP contribution in [0.4, 0.5) is 4.39 Å². The van der Waals surface area contributed by atoms with Gasteiger partial charge in [0.05, 0.1) is 0 Å². The molecule has 0 saturated heterocycles. The van der Waals surface area contributed by atoms with Gasteiger partial charge in [0, 0.05) is 40.4 Å². The number of ether oxygens (including phenoxy) is 1. The predicted molar refractivity (Wildman–Crippen MR) is 100 cm³/mol. The molecule has 1 N–H and O–H groups in total. The van der Waals surface area contributed by atoms with Crippen LogP contribution in [0, 0.1) is 5.82 Å². The van der Waals surface area contributed by atoms with Crippen LogP contribution in [-0.4, -0.2) is 44.7 Å². The van der Waals surface area contributed by atoms with Crippen LogP contribution in [0.25, 0.3) is 0 Å². The van der Waals surface area contributed by atoms with Crippen LogP contribution in [0.5, 0.6) is 0 Å². The maximum atomic E-state index is 13.2. The number of aliphatic imine (C=N–C) groups is 1. The normalized spacial score (nSPS) is 11.0. The largest absolute Gasteiger partial charge is 0.382 e. The van der Waals surface area contributed by atoms with Gasteiger partial charge in [0.15, 0.2) is 5.96 Å². The molecule has 0 spiro atoms. The number of hydrogen-bond donors (Lipinski definition) is 1. The van der Waals surface area contributed by atoms with E-state index in [-0.39, 0.29) is 29.8 Å². The van der Waals surface area contributed by atoms with E-state index in [4.69, 9.17) is 4.74 Å². The Hall–Kier alpha value is -0.890. The molecule has 0 aliphatic carbocycles. The molecule has 6 heteroatoms. The van der Waals surface area contributed by atoms with Gasteiger partial charge in [-0.15, -0.1) is 24.0 Å². The van der Waals surface area contributed by atoms with Crippen molar-refractivity contribution in [3.05, 3.63) is 35.6 Å². The minimum Gasteiger partial charge on any atom is -0.382 e. The molecule has 0 aromatic heterocycles. The minimum atomic E-state index is -0.209. The first-order chi connectivity index (χ1) is 10.2. The van der Waals surface area contributed by atoms with Crippen molar-refractivity contribution in [1.29, 1.82) is 0 Å². The lowest BCUT2D eigenvalue weighted by Crippen LogP contribution is -2.38. The van der Waals surface area contributed by atoms with Crippen molar-refractivity contribution in [2.24, 2.45) is 4.99 Å². The number of unbranched alkanes of at least 4 members (excludes halogenated alkanes) is 1. The summed E-state index contributed by atoms with van der Waals surface area (Å²) < 4.78 is 18.5. The van der Waals surface area contributed by atoms with Gasteiger partial charge in [-0.25, -0.2) is 4.39 Å². The van der Waals surface area contributed by atoms with Crippen molar-refractivity contribution in [2.75, 3.05) is 33.9 Å². The Morgan fingerprint density at radius 2 is 2.14 bits per heavy atom. The second kappa shape index (κ2) is 12.6. The minimum absolute atomic E-state index is 0. The summed E-state index contributed by atoms with van der Waals surface area (Å²) in [7, 11) is 3.70. The zero-order valence-corrected chi connectivity index (χ0v) is 16.0. The second-order valence-electron chi connectivity index (χ2n) is 4.86. The summed E-state index contributed by atoms with van der Waals surface area (Å²) in [6.45, 7) is 5.05. The molecule has 1 aromatic carbocycles. The van der Waals surface area contributed by atoms with Crippen LogP contribution in [0.2, 0.25) is 0 Å². The topological polar surface area (TPSA) is 36.9 Å². The number of guanidine groups is 1.